The van der Waals surface area contributed by atoms with Crippen LogP contribution in [0.25, 0.3) is 10.9 Å². The highest BCUT2D eigenvalue weighted by atomic mass is 16.5. The average molecular weight is 352 g/mol. The molecule has 0 aliphatic heterocycles. The van der Waals surface area contributed by atoms with Gasteiger partial charge in [-0.3, -0.25) is 14.5 Å². The molecule has 134 valence electrons. The van der Waals surface area contributed by atoms with Gasteiger partial charge in [-0.25, -0.2) is 4.79 Å². The Labute approximate surface area is 151 Å². The number of aryl methyl sites for hydroxylation is 2. The topological polar surface area (TPSA) is 86.1 Å². The fraction of sp³-hybridized carbons (Fsp3) is 0.263. The van der Waals surface area contributed by atoms with Crippen LogP contribution in [0.3, 0.4) is 0 Å². The minimum absolute atomic E-state index is 0.330. The first-order valence-corrected chi connectivity index (χ1v) is 8.24. The van der Waals surface area contributed by atoms with Crippen LogP contribution in [-0.4, -0.2) is 32.7 Å². The smallest absolute Gasteiger partial charge is 0.341 e. The summed E-state index contributed by atoms with van der Waals surface area (Å²) in [6, 6.07) is 8.92. The molecule has 0 saturated carbocycles. The van der Waals surface area contributed by atoms with Crippen molar-refractivity contribution in [2.75, 3.05) is 5.32 Å². The summed E-state index contributed by atoms with van der Waals surface area (Å²) in [5, 5.41) is 7.86. The lowest BCUT2D eigenvalue weighted by Crippen LogP contribution is -2.30. The predicted molar refractivity (Wildman–Crippen MR) is 97.9 cm³/mol. The molecule has 26 heavy (non-hydrogen) atoms. The molecule has 3 rings (SSSR count). The zero-order chi connectivity index (χ0) is 18.8. The summed E-state index contributed by atoms with van der Waals surface area (Å²) >= 11 is 0. The zero-order valence-corrected chi connectivity index (χ0v) is 15.1. The van der Waals surface area contributed by atoms with Gasteiger partial charge in [-0.1, -0.05) is 18.2 Å². The zero-order valence-electron chi connectivity index (χ0n) is 15.1. The van der Waals surface area contributed by atoms with E-state index >= 15 is 0 Å². The number of esters is 1. The third-order valence-corrected chi connectivity index (χ3v) is 4.26. The Morgan fingerprint density at radius 3 is 2.62 bits per heavy atom. The van der Waals surface area contributed by atoms with E-state index in [1.54, 1.807) is 43.0 Å². The first-order valence-electron chi connectivity index (χ1n) is 8.24. The number of anilines is 1. The molecule has 1 N–H and O–H groups in total. The molecule has 0 unspecified atom stereocenters. The van der Waals surface area contributed by atoms with E-state index in [1.807, 2.05) is 19.1 Å². The summed E-state index contributed by atoms with van der Waals surface area (Å²) in [5.74, 6) is -0.998. The molecule has 0 spiro atoms. The molecule has 1 atom stereocenters. The number of nitrogens with one attached hydrogen (secondary N) is 1. The van der Waals surface area contributed by atoms with Crippen molar-refractivity contribution >= 4 is 28.5 Å². The summed E-state index contributed by atoms with van der Waals surface area (Å²) in [6.07, 6.45) is 0.656. The molecule has 2 heterocycles. The maximum absolute atomic E-state index is 12.5. The Balaban J connectivity index is 1.75. The van der Waals surface area contributed by atoms with Gasteiger partial charge < -0.3 is 10.1 Å². The number of amides is 1. The number of fused-ring (bicyclic) bond motifs is 1. The van der Waals surface area contributed by atoms with Crippen LogP contribution in [0.4, 0.5) is 5.69 Å². The van der Waals surface area contributed by atoms with E-state index in [-0.39, 0.29) is 0 Å². The second kappa shape index (κ2) is 6.95. The Morgan fingerprint density at radius 1 is 1.19 bits per heavy atom. The second-order valence-corrected chi connectivity index (χ2v) is 6.09. The predicted octanol–water partition coefficient (Wildman–Crippen LogP) is 2.77. The molecule has 2 aromatic heterocycles. The number of rotatable bonds is 4. The molecule has 3 aromatic rings. The molecule has 0 saturated heterocycles. The van der Waals surface area contributed by atoms with Gasteiger partial charge in [0.1, 0.15) is 0 Å². The Hall–Kier alpha value is -3.22. The minimum Gasteiger partial charge on any atom is -0.449 e. The van der Waals surface area contributed by atoms with Crippen LogP contribution >= 0.6 is 0 Å². The first-order chi connectivity index (χ1) is 12.4. The lowest BCUT2D eigenvalue weighted by atomic mass is 10.1. The third-order valence-electron chi connectivity index (χ3n) is 4.26. The van der Waals surface area contributed by atoms with Gasteiger partial charge in [0.25, 0.3) is 5.91 Å². The van der Waals surface area contributed by atoms with Crippen molar-refractivity contribution < 1.29 is 14.3 Å². The fourth-order valence-corrected chi connectivity index (χ4v) is 2.73. The molecule has 1 aromatic carbocycles. The summed E-state index contributed by atoms with van der Waals surface area (Å²) < 4.78 is 7.03. The molecule has 0 bridgehead atoms. The van der Waals surface area contributed by atoms with Crippen LogP contribution in [0.1, 0.15) is 28.7 Å². The maximum Gasteiger partial charge on any atom is 0.341 e. The summed E-state index contributed by atoms with van der Waals surface area (Å²) in [5.41, 5.74) is 3.04. The summed E-state index contributed by atoms with van der Waals surface area (Å²) in [6.45, 7) is 5.20. The molecule has 0 aliphatic carbocycles. The number of carbonyl (C=O) groups excluding carboxylic acids is 2. The van der Waals surface area contributed by atoms with Crippen molar-refractivity contribution in [1.29, 1.82) is 0 Å². The quantitative estimate of drug-likeness (QED) is 0.730. The second-order valence-electron chi connectivity index (χ2n) is 6.09. The number of nitrogens with zero attached hydrogens (tertiary/aromatic N) is 3. The fourth-order valence-electron chi connectivity index (χ4n) is 2.73. The highest BCUT2D eigenvalue weighted by Gasteiger charge is 2.22. The van der Waals surface area contributed by atoms with Gasteiger partial charge in [-0.15, -0.1) is 0 Å². The van der Waals surface area contributed by atoms with Crippen molar-refractivity contribution in [1.82, 2.24) is 14.8 Å². The number of benzene rings is 1. The highest BCUT2D eigenvalue weighted by Crippen LogP contribution is 2.20. The summed E-state index contributed by atoms with van der Waals surface area (Å²) in [4.78, 5) is 29.2. The molecule has 7 nitrogen and oxygen atoms in total. The van der Waals surface area contributed by atoms with E-state index in [4.69, 9.17) is 4.74 Å². The lowest BCUT2D eigenvalue weighted by Gasteiger charge is -2.14. The molecule has 0 radical (unpaired) electrons. The number of pyridine rings is 1. The van der Waals surface area contributed by atoms with Crippen molar-refractivity contribution in [2.45, 2.75) is 26.9 Å². The van der Waals surface area contributed by atoms with Crippen LogP contribution in [0, 0.1) is 13.8 Å². The van der Waals surface area contributed by atoms with Crippen LogP contribution in [0.2, 0.25) is 0 Å². The minimum atomic E-state index is -0.958. The van der Waals surface area contributed by atoms with E-state index in [0.717, 1.165) is 11.1 Å². The SMILES string of the molecule is Cc1nn(C)c(C)c1NC(=O)[C@H](C)OC(=O)c1cccc2cccnc12. The number of aromatic nitrogens is 3. The van der Waals surface area contributed by atoms with E-state index in [2.05, 4.69) is 15.4 Å². The molecular weight excluding hydrogens is 332 g/mol. The maximum atomic E-state index is 12.5. The summed E-state index contributed by atoms with van der Waals surface area (Å²) in [7, 11) is 1.80. The van der Waals surface area contributed by atoms with E-state index < -0.39 is 18.0 Å². The van der Waals surface area contributed by atoms with Crippen molar-refractivity contribution in [3.63, 3.8) is 0 Å². The van der Waals surface area contributed by atoms with Gasteiger partial charge in [0.2, 0.25) is 0 Å². The normalized spacial score (nSPS) is 12.0. The van der Waals surface area contributed by atoms with Gasteiger partial charge in [0.05, 0.1) is 28.2 Å². The van der Waals surface area contributed by atoms with Crippen LogP contribution in [0.5, 0.6) is 0 Å². The number of carbonyl (C=O) groups is 2. The Morgan fingerprint density at radius 2 is 1.92 bits per heavy atom. The van der Waals surface area contributed by atoms with E-state index in [1.165, 1.54) is 6.92 Å². The van der Waals surface area contributed by atoms with Crippen molar-refractivity contribution in [2.24, 2.45) is 7.05 Å². The standard InChI is InChI=1S/C19H20N4O3/c1-11-16(12(2)23(4)22-11)21-18(24)13(3)26-19(25)15-9-5-7-14-8-6-10-20-17(14)15/h5-10,13H,1-4H3,(H,21,24)/t13-/m0/s1. The van der Waals surface area contributed by atoms with Gasteiger partial charge >= 0.3 is 5.97 Å². The van der Waals surface area contributed by atoms with E-state index in [9.17, 15) is 9.59 Å². The largest absolute Gasteiger partial charge is 0.449 e. The Kier molecular flexibility index (Phi) is 4.71. The monoisotopic (exact) mass is 352 g/mol. The third kappa shape index (κ3) is 3.28. The molecule has 0 fully saturated rings. The number of hydrogen-bond acceptors (Lipinski definition) is 5. The Bertz CT molecular complexity index is 988. The average Bonchev–Trinajstić information content (AvgIpc) is 2.87. The van der Waals surface area contributed by atoms with Gasteiger partial charge in [-0.2, -0.15) is 5.10 Å². The number of para-hydroxylation sites is 1. The number of hydrogen-bond donors (Lipinski definition) is 1. The van der Waals surface area contributed by atoms with Gasteiger partial charge in [-0.05, 0) is 32.9 Å². The first kappa shape index (κ1) is 17.6. The lowest BCUT2D eigenvalue weighted by molar-refractivity contribution is -0.123. The van der Waals surface area contributed by atoms with Gasteiger partial charge in [0, 0.05) is 18.6 Å². The van der Waals surface area contributed by atoms with Crippen LogP contribution in [-0.2, 0) is 16.6 Å². The van der Waals surface area contributed by atoms with Crippen molar-refractivity contribution in [3.8, 4) is 0 Å². The molecule has 7 heteroatoms. The van der Waals surface area contributed by atoms with Crippen LogP contribution in [0.15, 0.2) is 36.5 Å². The van der Waals surface area contributed by atoms with Gasteiger partial charge in [0.15, 0.2) is 6.10 Å². The van der Waals surface area contributed by atoms with E-state index in [0.29, 0.717) is 22.5 Å². The molecular formula is C19H20N4O3. The molecule has 1 amide bonds. The molecule has 0 aliphatic rings. The number of ether oxygens (including phenoxy) is 1. The van der Waals surface area contributed by atoms with Crippen LogP contribution < -0.4 is 5.32 Å². The highest BCUT2D eigenvalue weighted by molar-refractivity contribution is 6.04. The van der Waals surface area contributed by atoms with Crippen molar-refractivity contribution in [3.05, 3.63) is 53.5 Å².